The van der Waals surface area contributed by atoms with E-state index in [1.54, 1.807) is 6.08 Å². The van der Waals surface area contributed by atoms with Crippen LogP contribution < -0.4 is 0 Å². The summed E-state index contributed by atoms with van der Waals surface area (Å²) in [7, 11) is 0. The summed E-state index contributed by atoms with van der Waals surface area (Å²) in [4.78, 5) is 0. The SMILES string of the molecule is C1CCCC1.C=C/C=C\C(C)=C/C. The molecule has 1 fully saturated rings. The largest absolute Gasteiger partial charge is 0.0991 e. The highest BCUT2D eigenvalue weighted by Crippen LogP contribution is 2.15. The smallest absolute Gasteiger partial charge is 0.0401 e. The second-order valence-electron chi connectivity index (χ2n) is 3.40. The van der Waals surface area contributed by atoms with E-state index >= 15 is 0 Å². The van der Waals surface area contributed by atoms with Crippen LogP contribution in [0.15, 0.2) is 36.5 Å². The van der Waals surface area contributed by atoms with Crippen LogP contribution in [0, 0.1) is 0 Å². The fourth-order valence-electron chi connectivity index (χ4n) is 1.20. The number of rotatable bonds is 2. The van der Waals surface area contributed by atoms with Crippen molar-refractivity contribution in [3.63, 3.8) is 0 Å². The maximum atomic E-state index is 3.55. The van der Waals surface area contributed by atoms with Gasteiger partial charge in [0.1, 0.15) is 0 Å². The fourth-order valence-corrected chi connectivity index (χ4v) is 1.20. The van der Waals surface area contributed by atoms with Crippen LogP contribution in [0.4, 0.5) is 0 Å². The molecule has 0 aromatic carbocycles. The minimum absolute atomic E-state index is 1.27. The van der Waals surface area contributed by atoms with Crippen LogP contribution in [0.3, 0.4) is 0 Å². The minimum Gasteiger partial charge on any atom is -0.0991 e. The molecule has 0 N–H and O–H groups in total. The van der Waals surface area contributed by atoms with Gasteiger partial charge in [0.15, 0.2) is 0 Å². The molecule has 0 nitrogen and oxygen atoms in total. The molecule has 0 aliphatic heterocycles. The third-order valence-electron chi connectivity index (χ3n) is 2.20. The molecule has 0 radical (unpaired) electrons. The molecule has 1 saturated carbocycles. The summed E-state index contributed by atoms with van der Waals surface area (Å²) >= 11 is 0. The molecule has 1 aliphatic rings. The lowest BCUT2D eigenvalue weighted by molar-refractivity contribution is 0.886. The van der Waals surface area contributed by atoms with Crippen LogP contribution in [0.5, 0.6) is 0 Å². The molecule has 0 unspecified atom stereocenters. The molecule has 0 aromatic heterocycles. The molecule has 74 valence electrons. The van der Waals surface area contributed by atoms with Gasteiger partial charge in [0, 0.05) is 0 Å². The van der Waals surface area contributed by atoms with E-state index in [9.17, 15) is 0 Å². The maximum absolute atomic E-state index is 3.55. The first kappa shape index (κ1) is 12.2. The summed E-state index contributed by atoms with van der Waals surface area (Å²) in [5.74, 6) is 0. The van der Waals surface area contributed by atoms with Crippen LogP contribution in [-0.2, 0) is 0 Å². The Kier molecular flexibility index (Phi) is 8.75. The summed E-state index contributed by atoms with van der Waals surface area (Å²) in [6.45, 7) is 7.63. The van der Waals surface area contributed by atoms with Gasteiger partial charge in [-0.3, -0.25) is 0 Å². The normalized spacial score (nSPS) is 16.9. The lowest BCUT2D eigenvalue weighted by atomic mass is 10.3. The lowest BCUT2D eigenvalue weighted by Gasteiger charge is -1.82. The standard InChI is InChI=1S/C8H12.C5H10/c1-4-6-7-8(3)5-2;1-2-4-5-3-1/h4-7H,1H2,2-3H3;1-5H2/b7-6-,8-5-;. The zero-order valence-corrected chi connectivity index (χ0v) is 9.05. The quantitative estimate of drug-likeness (QED) is 0.540. The predicted octanol–water partition coefficient (Wildman–Crippen LogP) is 4.65. The average molecular weight is 178 g/mol. The Balaban J connectivity index is 0.000000243. The Hall–Kier alpha value is -0.780. The summed E-state index contributed by atoms with van der Waals surface area (Å²) < 4.78 is 0. The van der Waals surface area contributed by atoms with Crippen molar-refractivity contribution in [2.75, 3.05) is 0 Å². The van der Waals surface area contributed by atoms with Crippen molar-refractivity contribution in [2.45, 2.75) is 46.0 Å². The first-order chi connectivity index (χ1) is 6.31. The van der Waals surface area contributed by atoms with Crippen molar-refractivity contribution in [2.24, 2.45) is 0 Å². The van der Waals surface area contributed by atoms with Gasteiger partial charge in [-0.1, -0.05) is 68.6 Å². The Labute approximate surface area is 83.0 Å². The van der Waals surface area contributed by atoms with E-state index in [2.05, 4.69) is 19.6 Å². The Bertz CT molecular complexity index is 161. The van der Waals surface area contributed by atoms with Gasteiger partial charge < -0.3 is 0 Å². The van der Waals surface area contributed by atoms with E-state index in [0.29, 0.717) is 0 Å². The second kappa shape index (κ2) is 9.31. The van der Waals surface area contributed by atoms with Crippen molar-refractivity contribution in [1.82, 2.24) is 0 Å². The Morgan fingerprint density at radius 2 is 1.54 bits per heavy atom. The maximum Gasteiger partial charge on any atom is -0.0401 e. The van der Waals surface area contributed by atoms with Crippen LogP contribution in [-0.4, -0.2) is 0 Å². The Morgan fingerprint density at radius 3 is 1.85 bits per heavy atom. The van der Waals surface area contributed by atoms with E-state index in [4.69, 9.17) is 0 Å². The molecule has 0 aromatic rings. The molecule has 0 bridgehead atoms. The molecule has 0 heterocycles. The van der Waals surface area contributed by atoms with Gasteiger partial charge >= 0.3 is 0 Å². The van der Waals surface area contributed by atoms with Crippen molar-refractivity contribution in [3.05, 3.63) is 36.5 Å². The van der Waals surface area contributed by atoms with Crippen molar-refractivity contribution in [1.29, 1.82) is 0 Å². The molecular weight excluding hydrogens is 156 g/mol. The Morgan fingerprint density at radius 1 is 1.08 bits per heavy atom. The van der Waals surface area contributed by atoms with E-state index < -0.39 is 0 Å². The number of hydrogen-bond donors (Lipinski definition) is 0. The van der Waals surface area contributed by atoms with Gasteiger partial charge in [0.25, 0.3) is 0 Å². The van der Waals surface area contributed by atoms with E-state index in [0.717, 1.165) is 0 Å². The lowest BCUT2D eigenvalue weighted by Crippen LogP contribution is -1.60. The molecule has 0 saturated heterocycles. The van der Waals surface area contributed by atoms with E-state index in [-0.39, 0.29) is 0 Å². The summed E-state index contributed by atoms with van der Waals surface area (Å²) in [5.41, 5.74) is 1.27. The van der Waals surface area contributed by atoms with Gasteiger partial charge in [0.05, 0.1) is 0 Å². The molecule has 13 heavy (non-hydrogen) atoms. The van der Waals surface area contributed by atoms with Crippen LogP contribution in [0.25, 0.3) is 0 Å². The molecule has 1 rings (SSSR count). The van der Waals surface area contributed by atoms with Gasteiger partial charge in [-0.25, -0.2) is 0 Å². The van der Waals surface area contributed by atoms with Crippen molar-refractivity contribution in [3.8, 4) is 0 Å². The highest BCUT2D eigenvalue weighted by molar-refractivity contribution is 5.18. The summed E-state index contributed by atoms with van der Waals surface area (Å²) in [5, 5.41) is 0. The highest BCUT2D eigenvalue weighted by Gasteiger charge is 1.95. The summed E-state index contributed by atoms with van der Waals surface area (Å²) in [6, 6.07) is 0. The number of allylic oxidation sites excluding steroid dienone is 5. The predicted molar refractivity (Wildman–Crippen MR) is 61.9 cm³/mol. The van der Waals surface area contributed by atoms with E-state index in [1.165, 1.54) is 37.7 Å². The fraction of sp³-hybridized carbons (Fsp3) is 0.538. The monoisotopic (exact) mass is 178 g/mol. The first-order valence-corrected chi connectivity index (χ1v) is 5.23. The summed E-state index contributed by atoms with van der Waals surface area (Å²) in [6.07, 6.45) is 15.3. The van der Waals surface area contributed by atoms with Crippen LogP contribution in [0.2, 0.25) is 0 Å². The van der Waals surface area contributed by atoms with Gasteiger partial charge in [-0.2, -0.15) is 0 Å². The van der Waals surface area contributed by atoms with Gasteiger partial charge in [-0.05, 0) is 13.8 Å². The minimum atomic E-state index is 1.27. The van der Waals surface area contributed by atoms with Gasteiger partial charge in [-0.15, -0.1) is 0 Å². The topological polar surface area (TPSA) is 0 Å². The van der Waals surface area contributed by atoms with Gasteiger partial charge in [0.2, 0.25) is 0 Å². The molecule has 0 atom stereocenters. The highest BCUT2D eigenvalue weighted by atomic mass is 14.0. The van der Waals surface area contributed by atoms with Crippen molar-refractivity contribution >= 4 is 0 Å². The zero-order chi connectivity index (χ0) is 9.94. The zero-order valence-electron chi connectivity index (χ0n) is 9.05. The third-order valence-corrected chi connectivity index (χ3v) is 2.20. The third kappa shape index (κ3) is 9.13. The number of hydrogen-bond acceptors (Lipinski definition) is 0. The average Bonchev–Trinajstić information content (AvgIpc) is 2.72. The van der Waals surface area contributed by atoms with E-state index in [1.807, 2.05) is 19.1 Å². The first-order valence-electron chi connectivity index (χ1n) is 5.23. The van der Waals surface area contributed by atoms with Crippen LogP contribution in [0.1, 0.15) is 46.0 Å². The molecular formula is C13H22. The molecule has 0 spiro atoms. The molecule has 1 aliphatic carbocycles. The van der Waals surface area contributed by atoms with Crippen LogP contribution >= 0.6 is 0 Å². The second-order valence-corrected chi connectivity index (χ2v) is 3.40. The molecule has 0 amide bonds. The van der Waals surface area contributed by atoms with Crippen molar-refractivity contribution < 1.29 is 0 Å². The molecule has 0 heteroatoms.